The van der Waals surface area contributed by atoms with Crippen molar-refractivity contribution in [2.45, 2.75) is 50.2 Å². The Bertz CT molecular complexity index is 290. The van der Waals surface area contributed by atoms with Crippen molar-refractivity contribution < 1.29 is 14.6 Å². The van der Waals surface area contributed by atoms with Gasteiger partial charge in [0.2, 0.25) is 0 Å². The van der Waals surface area contributed by atoms with Gasteiger partial charge in [0.25, 0.3) is 0 Å². The van der Waals surface area contributed by atoms with Crippen LogP contribution in [0.3, 0.4) is 0 Å². The number of carbonyl (C=O) groups is 1. The molecule has 2 amide bonds. The minimum absolute atomic E-state index is 0.00162. The Morgan fingerprint density at radius 2 is 2.22 bits per heavy atom. The molecule has 2 N–H and O–H groups in total. The van der Waals surface area contributed by atoms with Gasteiger partial charge in [-0.15, -0.1) is 0 Å². The first kappa shape index (κ1) is 13.6. The molecule has 104 valence electrons. The smallest absolute Gasteiger partial charge is 0.317 e. The first-order chi connectivity index (χ1) is 8.65. The molecular formula is C13H24N2O3. The Kier molecular flexibility index (Phi) is 4.45. The normalized spacial score (nSPS) is 26.2. The van der Waals surface area contributed by atoms with E-state index in [0.717, 1.165) is 32.3 Å². The summed E-state index contributed by atoms with van der Waals surface area (Å²) in [7, 11) is 1.70. The maximum absolute atomic E-state index is 11.9. The predicted octanol–water partition coefficient (Wildman–Crippen LogP) is 1.11. The Balaban J connectivity index is 1.84. The molecule has 1 heterocycles. The average Bonchev–Trinajstić information content (AvgIpc) is 2.77. The molecule has 2 aliphatic rings. The van der Waals surface area contributed by atoms with Gasteiger partial charge >= 0.3 is 6.03 Å². The minimum atomic E-state index is -0.0934. The maximum Gasteiger partial charge on any atom is 0.317 e. The van der Waals surface area contributed by atoms with Crippen molar-refractivity contribution in [3.8, 4) is 0 Å². The van der Waals surface area contributed by atoms with Crippen LogP contribution in [-0.4, -0.2) is 54.5 Å². The Hall–Kier alpha value is -0.810. The second kappa shape index (κ2) is 5.89. The van der Waals surface area contributed by atoms with Crippen LogP contribution in [0.1, 0.15) is 38.5 Å². The number of nitrogens with one attached hydrogen (secondary N) is 1. The van der Waals surface area contributed by atoms with E-state index in [1.54, 1.807) is 7.05 Å². The van der Waals surface area contributed by atoms with E-state index in [0.29, 0.717) is 6.54 Å². The SMILES string of the molecule is CN(CCO)C(=O)NC1CCOC2(CCCC2)C1. The molecule has 5 heteroatoms. The number of likely N-dealkylation sites (N-methyl/N-ethyl adjacent to an activating group) is 1. The van der Waals surface area contributed by atoms with Crippen molar-refractivity contribution in [3.05, 3.63) is 0 Å². The van der Waals surface area contributed by atoms with Gasteiger partial charge in [-0.25, -0.2) is 4.79 Å². The van der Waals surface area contributed by atoms with E-state index in [-0.39, 0.29) is 24.3 Å². The van der Waals surface area contributed by atoms with Crippen LogP contribution in [0.25, 0.3) is 0 Å². The molecule has 1 aliphatic carbocycles. The van der Waals surface area contributed by atoms with Crippen LogP contribution in [0.4, 0.5) is 4.79 Å². The molecule has 1 atom stereocenters. The average molecular weight is 256 g/mol. The highest BCUT2D eigenvalue weighted by Crippen LogP contribution is 2.39. The third-order valence-corrected chi connectivity index (χ3v) is 4.12. The highest BCUT2D eigenvalue weighted by atomic mass is 16.5. The summed E-state index contributed by atoms with van der Waals surface area (Å²) in [5.41, 5.74) is 0.0335. The fraction of sp³-hybridized carbons (Fsp3) is 0.923. The lowest BCUT2D eigenvalue weighted by Crippen LogP contribution is -2.50. The van der Waals surface area contributed by atoms with Crippen molar-refractivity contribution in [2.24, 2.45) is 0 Å². The third-order valence-electron chi connectivity index (χ3n) is 4.12. The largest absolute Gasteiger partial charge is 0.395 e. The van der Waals surface area contributed by atoms with E-state index in [1.807, 2.05) is 0 Å². The molecule has 2 rings (SSSR count). The summed E-state index contributed by atoms with van der Waals surface area (Å²) < 4.78 is 5.94. The zero-order chi connectivity index (χ0) is 13.0. The standard InChI is InChI=1S/C13H24N2O3/c1-15(7-8-16)12(17)14-11-4-9-18-13(10-11)5-2-3-6-13/h11,16H,2-10H2,1H3,(H,14,17). The van der Waals surface area contributed by atoms with E-state index in [9.17, 15) is 4.79 Å². The molecular weight excluding hydrogens is 232 g/mol. The molecule has 0 bridgehead atoms. The van der Waals surface area contributed by atoms with Crippen molar-refractivity contribution in [2.75, 3.05) is 26.8 Å². The molecule has 1 saturated heterocycles. The van der Waals surface area contributed by atoms with Crippen molar-refractivity contribution in [1.29, 1.82) is 0 Å². The number of rotatable bonds is 3. The lowest BCUT2D eigenvalue weighted by Gasteiger charge is -2.39. The Morgan fingerprint density at radius 3 is 2.89 bits per heavy atom. The summed E-state index contributed by atoms with van der Waals surface area (Å²) in [5.74, 6) is 0. The van der Waals surface area contributed by atoms with Crippen LogP contribution < -0.4 is 5.32 Å². The summed E-state index contributed by atoms with van der Waals surface area (Å²) >= 11 is 0. The lowest BCUT2D eigenvalue weighted by molar-refractivity contribution is -0.0823. The fourth-order valence-electron chi connectivity index (χ4n) is 3.06. The maximum atomic E-state index is 11.9. The molecule has 0 aromatic rings. The number of nitrogens with zero attached hydrogens (tertiary/aromatic N) is 1. The Morgan fingerprint density at radius 1 is 1.50 bits per heavy atom. The van der Waals surface area contributed by atoms with E-state index in [2.05, 4.69) is 5.32 Å². The summed E-state index contributed by atoms with van der Waals surface area (Å²) in [6.45, 7) is 1.12. The number of urea groups is 1. The highest BCUT2D eigenvalue weighted by molar-refractivity contribution is 5.74. The number of aliphatic hydroxyl groups excluding tert-OH is 1. The van der Waals surface area contributed by atoms with Gasteiger partial charge < -0.3 is 20.1 Å². The Labute approximate surface area is 108 Å². The zero-order valence-electron chi connectivity index (χ0n) is 11.2. The molecule has 2 fully saturated rings. The highest BCUT2D eigenvalue weighted by Gasteiger charge is 2.40. The van der Waals surface area contributed by atoms with Gasteiger partial charge in [-0.2, -0.15) is 0 Å². The van der Waals surface area contributed by atoms with Gasteiger partial charge in [0, 0.05) is 26.2 Å². The molecule has 0 radical (unpaired) electrons. The van der Waals surface area contributed by atoms with Crippen LogP contribution in [0.5, 0.6) is 0 Å². The number of hydrogen-bond acceptors (Lipinski definition) is 3. The first-order valence-corrected chi connectivity index (χ1v) is 6.92. The van der Waals surface area contributed by atoms with Crippen LogP contribution in [0.2, 0.25) is 0 Å². The summed E-state index contributed by atoms with van der Waals surface area (Å²) in [6, 6.07) is 0.120. The fourth-order valence-corrected chi connectivity index (χ4v) is 3.06. The van der Waals surface area contributed by atoms with Gasteiger partial charge in [-0.3, -0.25) is 0 Å². The zero-order valence-corrected chi connectivity index (χ0v) is 11.2. The molecule has 0 aromatic heterocycles. The molecule has 1 spiro atoms. The van der Waals surface area contributed by atoms with Crippen LogP contribution >= 0.6 is 0 Å². The second-order valence-electron chi connectivity index (χ2n) is 5.52. The van der Waals surface area contributed by atoms with Gasteiger partial charge in [0.05, 0.1) is 12.2 Å². The van der Waals surface area contributed by atoms with Crippen molar-refractivity contribution in [3.63, 3.8) is 0 Å². The van der Waals surface area contributed by atoms with E-state index < -0.39 is 0 Å². The molecule has 1 aliphatic heterocycles. The van der Waals surface area contributed by atoms with Crippen LogP contribution in [0.15, 0.2) is 0 Å². The van der Waals surface area contributed by atoms with Crippen molar-refractivity contribution >= 4 is 6.03 Å². The van der Waals surface area contributed by atoms with E-state index >= 15 is 0 Å². The topological polar surface area (TPSA) is 61.8 Å². The number of hydrogen-bond donors (Lipinski definition) is 2. The minimum Gasteiger partial charge on any atom is -0.395 e. The van der Waals surface area contributed by atoms with Crippen LogP contribution in [-0.2, 0) is 4.74 Å². The van der Waals surface area contributed by atoms with E-state index in [4.69, 9.17) is 9.84 Å². The lowest BCUT2D eigenvalue weighted by atomic mass is 9.89. The third kappa shape index (κ3) is 3.14. The van der Waals surface area contributed by atoms with Crippen LogP contribution in [0, 0.1) is 0 Å². The summed E-state index contributed by atoms with van der Waals surface area (Å²) in [4.78, 5) is 13.4. The monoisotopic (exact) mass is 256 g/mol. The quantitative estimate of drug-likeness (QED) is 0.795. The first-order valence-electron chi connectivity index (χ1n) is 6.92. The molecule has 18 heavy (non-hydrogen) atoms. The molecule has 5 nitrogen and oxygen atoms in total. The predicted molar refractivity (Wildman–Crippen MR) is 68.4 cm³/mol. The number of aliphatic hydroxyl groups is 1. The van der Waals surface area contributed by atoms with Gasteiger partial charge in [0.1, 0.15) is 0 Å². The summed E-state index contributed by atoms with van der Waals surface area (Å²) in [6.07, 6.45) is 6.57. The van der Waals surface area contributed by atoms with E-state index in [1.165, 1.54) is 17.7 Å². The summed E-state index contributed by atoms with van der Waals surface area (Å²) in [5, 5.41) is 11.9. The molecule has 0 aromatic carbocycles. The van der Waals surface area contributed by atoms with Gasteiger partial charge in [-0.1, -0.05) is 12.8 Å². The second-order valence-corrected chi connectivity index (χ2v) is 5.52. The number of amides is 2. The molecule has 1 unspecified atom stereocenters. The van der Waals surface area contributed by atoms with Gasteiger partial charge in [-0.05, 0) is 25.7 Å². The number of ether oxygens (including phenoxy) is 1. The van der Waals surface area contributed by atoms with Gasteiger partial charge in [0.15, 0.2) is 0 Å². The number of carbonyl (C=O) groups excluding carboxylic acids is 1. The molecule has 1 saturated carbocycles. The van der Waals surface area contributed by atoms with Crippen molar-refractivity contribution in [1.82, 2.24) is 10.2 Å².